The summed E-state index contributed by atoms with van der Waals surface area (Å²) in [5, 5.41) is 8.52. The van der Waals surface area contributed by atoms with Gasteiger partial charge in [-0.3, -0.25) is 0 Å². The lowest BCUT2D eigenvalue weighted by molar-refractivity contribution is 0.682. The van der Waals surface area contributed by atoms with Crippen LogP contribution in [0, 0.1) is 0 Å². The van der Waals surface area contributed by atoms with Crippen LogP contribution in [0.2, 0.25) is 0 Å². The molecule has 100 valence electrons. The normalized spacial score (nSPS) is 12.2. The molecular weight excluding hydrogens is 304 g/mol. The lowest BCUT2D eigenvalue weighted by Crippen LogP contribution is -2.35. The molecule has 0 bridgehead atoms. The maximum absolute atomic E-state index is 5.65. The Labute approximate surface area is 121 Å². The van der Waals surface area contributed by atoms with Crippen molar-refractivity contribution in [2.45, 2.75) is 13.0 Å². The third-order valence-electron chi connectivity index (χ3n) is 3.15. The molecule has 0 spiro atoms. The van der Waals surface area contributed by atoms with E-state index >= 15 is 0 Å². The molecule has 0 radical (unpaired) electrons. The van der Waals surface area contributed by atoms with Crippen molar-refractivity contribution in [1.29, 1.82) is 0 Å². The summed E-state index contributed by atoms with van der Waals surface area (Å²) in [6, 6.07) is 12.2. The Kier molecular flexibility index (Phi) is 4.50. The van der Waals surface area contributed by atoms with E-state index in [1.165, 1.54) is 0 Å². The van der Waals surface area contributed by atoms with E-state index in [9.17, 15) is 0 Å². The highest BCUT2D eigenvalue weighted by molar-refractivity contribution is 9.10. The molecule has 0 aliphatic heterocycles. The van der Waals surface area contributed by atoms with E-state index in [1.54, 1.807) is 0 Å². The van der Waals surface area contributed by atoms with Crippen molar-refractivity contribution in [2.75, 3.05) is 18.5 Å². The molecule has 0 fully saturated rings. The third-order valence-corrected chi connectivity index (χ3v) is 3.68. The Morgan fingerprint density at radius 3 is 2.37 bits per heavy atom. The van der Waals surface area contributed by atoms with Crippen LogP contribution >= 0.6 is 15.9 Å². The van der Waals surface area contributed by atoms with E-state index in [4.69, 9.17) is 5.73 Å². The molecule has 1 aromatic carbocycles. The Balaban J connectivity index is 2.21. The molecule has 2 aromatic rings. The monoisotopic (exact) mass is 320 g/mol. The molecule has 1 heterocycles. The van der Waals surface area contributed by atoms with Crippen LogP contribution in [0.1, 0.15) is 6.92 Å². The first-order valence-electron chi connectivity index (χ1n) is 6.14. The van der Waals surface area contributed by atoms with Crippen LogP contribution in [-0.2, 0) is 0 Å². The molecule has 19 heavy (non-hydrogen) atoms. The van der Waals surface area contributed by atoms with Gasteiger partial charge >= 0.3 is 0 Å². The van der Waals surface area contributed by atoms with Crippen molar-refractivity contribution in [1.82, 2.24) is 10.2 Å². The quantitative estimate of drug-likeness (QED) is 0.941. The molecule has 0 saturated carbocycles. The summed E-state index contributed by atoms with van der Waals surface area (Å²) in [6.45, 7) is 2.65. The van der Waals surface area contributed by atoms with Gasteiger partial charge in [-0.15, -0.1) is 10.2 Å². The second-order valence-electron chi connectivity index (χ2n) is 4.48. The molecule has 0 aliphatic carbocycles. The van der Waals surface area contributed by atoms with Gasteiger partial charge in [0.25, 0.3) is 0 Å². The van der Waals surface area contributed by atoms with Gasteiger partial charge in [0.2, 0.25) is 0 Å². The summed E-state index contributed by atoms with van der Waals surface area (Å²) >= 11 is 3.42. The van der Waals surface area contributed by atoms with Crippen LogP contribution in [0.15, 0.2) is 40.9 Å². The third kappa shape index (κ3) is 3.30. The van der Waals surface area contributed by atoms with Gasteiger partial charge in [-0.05, 0) is 31.2 Å². The number of hydrogen-bond donors (Lipinski definition) is 1. The average Bonchev–Trinajstić information content (AvgIpc) is 2.46. The van der Waals surface area contributed by atoms with E-state index in [0.29, 0.717) is 6.54 Å². The van der Waals surface area contributed by atoms with Gasteiger partial charge in [-0.25, -0.2) is 0 Å². The minimum Gasteiger partial charge on any atom is -0.354 e. The van der Waals surface area contributed by atoms with E-state index in [1.807, 2.05) is 48.3 Å². The van der Waals surface area contributed by atoms with Gasteiger partial charge in [0.15, 0.2) is 5.82 Å². The molecule has 4 nitrogen and oxygen atoms in total. The Bertz CT molecular complexity index is 524. The summed E-state index contributed by atoms with van der Waals surface area (Å²) in [4.78, 5) is 2.03. The molecular formula is C14H17BrN4. The van der Waals surface area contributed by atoms with Gasteiger partial charge < -0.3 is 10.6 Å². The first kappa shape index (κ1) is 14.0. The summed E-state index contributed by atoms with van der Waals surface area (Å²) < 4.78 is 1.05. The predicted octanol–water partition coefficient (Wildman–Crippen LogP) is 2.69. The van der Waals surface area contributed by atoms with Gasteiger partial charge in [-0.1, -0.05) is 28.1 Å². The van der Waals surface area contributed by atoms with Crippen molar-refractivity contribution in [3.8, 4) is 11.3 Å². The molecule has 0 aliphatic rings. The summed E-state index contributed by atoms with van der Waals surface area (Å²) in [6.07, 6.45) is 0. The van der Waals surface area contributed by atoms with Crippen molar-refractivity contribution in [2.24, 2.45) is 5.73 Å². The molecule has 2 rings (SSSR count). The van der Waals surface area contributed by atoms with Gasteiger partial charge in [0.05, 0.1) is 5.69 Å². The maximum atomic E-state index is 5.65. The number of hydrogen-bond acceptors (Lipinski definition) is 4. The topological polar surface area (TPSA) is 55.0 Å². The van der Waals surface area contributed by atoms with E-state index in [-0.39, 0.29) is 6.04 Å². The average molecular weight is 321 g/mol. The molecule has 1 aromatic heterocycles. The fraction of sp³-hybridized carbons (Fsp3) is 0.286. The van der Waals surface area contributed by atoms with Crippen molar-refractivity contribution >= 4 is 21.7 Å². The fourth-order valence-electron chi connectivity index (χ4n) is 1.67. The van der Waals surface area contributed by atoms with Crippen LogP contribution in [0.3, 0.4) is 0 Å². The molecule has 2 N–H and O–H groups in total. The number of likely N-dealkylation sites (N-methyl/N-ethyl adjacent to an activating group) is 1. The Morgan fingerprint density at radius 2 is 1.84 bits per heavy atom. The lowest BCUT2D eigenvalue weighted by atomic mass is 10.1. The summed E-state index contributed by atoms with van der Waals surface area (Å²) in [7, 11) is 1.97. The van der Waals surface area contributed by atoms with Gasteiger partial charge in [0, 0.05) is 29.7 Å². The molecule has 1 unspecified atom stereocenters. The number of rotatable bonds is 4. The van der Waals surface area contributed by atoms with Crippen LogP contribution < -0.4 is 10.6 Å². The van der Waals surface area contributed by atoms with Crippen LogP contribution in [0.4, 0.5) is 5.82 Å². The smallest absolute Gasteiger partial charge is 0.151 e. The highest BCUT2D eigenvalue weighted by atomic mass is 79.9. The Hall–Kier alpha value is -1.46. The highest BCUT2D eigenvalue weighted by Gasteiger charge is 2.10. The van der Waals surface area contributed by atoms with Crippen molar-refractivity contribution < 1.29 is 0 Å². The SMILES string of the molecule is CC(CN)N(C)c1ccc(-c2ccc(Br)cc2)nn1. The fourth-order valence-corrected chi connectivity index (χ4v) is 1.94. The largest absolute Gasteiger partial charge is 0.354 e. The van der Waals surface area contributed by atoms with E-state index < -0.39 is 0 Å². The van der Waals surface area contributed by atoms with Crippen molar-refractivity contribution in [3.63, 3.8) is 0 Å². The van der Waals surface area contributed by atoms with E-state index in [0.717, 1.165) is 21.5 Å². The van der Waals surface area contributed by atoms with Crippen LogP contribution in [-0.4, -0.2) is 29.8 Å². The standard InChI is InChI=1S/C14H17BrN4/c1-10(9-16)19(2)14-8-7-13(17-18-14)11-3-5-12(15)6-4-11/h3-8,10H,9,16H2,1-2H3. The number of halogens is 1. The molecule has 0 amide bonds. The summed E-state index contributed by atoms with van der Waals surface area (Å²) in [5.74, 6) is 0.832. The van der Waals surface area contributed by atoms with Crippen LogP contribution in [0.5, 0.6) is 0 Å². The molecule has 0 saturated heterocycles. The highest BCUT2D eigenvalue weighted by Crippen LogP contribution is 2.20. The van der Waals surface area contributed by atoms with Gasteiger partial charge in [-0.2, -0.15) is 0 Å². The lowest BCUT2D eigenvalue weighted by Gasteiger charge is -2.24. The minimum atomic E-state index is 0.243. The van der Waals surface area contributed by atoms with Crippen molar-refractivity contribution in [3.05, 3.63) is 40.9 Å². The molecule has 5 heteroatoms. The number of nitrogens with two attached hydrogens (primary N) is 1. The molecule has 1 atom stereocenters. The second-order valence-corrected chi connectivity index (χ2v) is 5.39. The second kappa shape index (κ2) is 6.12. The zero-order valence-corrected chi connectivity index (χ0v) is 12.6. The number of anilines is 1. The Morgan fingerprint density at radius 1 is 1.16 bits per heavy atom. The first-order chi connectivity index (χ1) is 9.11. The number of benzene rings is 1. The van der Waals surface area contributed by atoms with Gasteiger partial charge in [0.1, 0.15) is 0 Å². The van der Waals surface area contributed by atoms with E-state index in [2.05, 4.69) is 33.1 Å². The minimum absolute atomic E-state index is 0.243. The number of nitrogens with zero attached hydrogens (tertiary/aromatic N) is 3. The zero-order chi connectivity index (χ0) is 13.8. The first-order valence-corrected chi connectivity index (χ1v) is 6.93. The number of aromatic nitrogens is 2. The zero-order valence-electron chi connectivity index (χ0n) is 11.0. The predicted molar refractivity (Wildman–Crippen MR) is 82.1 cm³/mol. The van der Waals surface area contributed by atoms with Crippen LogP contribution in [0.25, 0.3) is 11.3 Å². The maximum Gasteiger partial charge on any atom is 0.151 e. The summed E-state index contributed by atoms with van der Waals surface area (Å²) in [5.41, 5.74) is 7.57.